The van der Waals surface area contributed by atoms with Crippen molar-refractivity contribution in [3.63, 3.8) is 0 Å². The quantitative estimate of drug-likeness (QED) is 0.346. The van der Waals surface area contributed by atoms with Gasteiger partial charge in [-0.2, -0.15) is 0 Å². The van der Waals surface area contributed by atoms with Crippen molar-refractivity contribution in [3.05, 3.63) is 0 Å². The Morgan fingerprint density at radius 2 is 1.86 bits per heavy atom. The van der Waals surface area contributed by atoms with Crippen molar-refractivity contribution in [1.82, 2.24) is 5.32 Å². The molecule has 0 aromatic rings. The lowest BCUT2D eigenvalue weighted by molar-refractivity contribution is -0.163. The molecule has 0 aromatic heterocycles. The normalized spacial score (nSPS) is 24.1. The molecule has 0 spiro atoms. The average molecular weight is 437 g/mol. The number of esters is 2. The van der Waals surface area contributed by atoms with Crippen LogP contribution in [-0.2, 0) is 42.0 Å². The Labute approximate surface area is 171 Å². The Balaban J connectivity index is 2.62. The number of nitrogens with one attached hydrogen (secondary N) is 1. The van der Waals surface area contributed by atoms with Crippen LogP contribution in [0.5, 0.6) is 0 Å². The molecule has 10 nitrogen and oxygen atoms in total. The molecule has 1 heterocycles. The zero-order chi connectivity index (χ0) is 22.5. The summed E-state index contributed by atoms with van der Waals surface area (Å²) in [6, 6.07) is 0. The molecule has 1 aliphatic heterocycles. The minimum atomic E-state index is -4.11. The minimum absolute atomic E-state index is 0.00944. The van der Waals surface area contributed by atoms with Gasteiger partial charge in [0.25, 0.3) is 0 Å². The van der Waals surface area contributed by atoms with Gasteiger partial charge in [0.2, 0.25) is 12.7 Å². The van der Waals surface area contributed by atoms with E-state index in [1.54, 1.807) is 48.5 Å². The maximum atomic E-state index is 12.7. The van der Waals surface area contributed by atoms with Crippen LogP contribution in [0, 0.1) is 10.8 Å². The summed E-state index contributed by atoms with van der Waals surface area (Å²) >= 11 is 0. The molecule has 11 heteroatoms. The molecule has 168 valence electrons. The highest BCUT2D eigenvalue weighted by Gasteiger charge is 2.49. The maximum absolute atomic E-state index is 12.7. The molecule has 1 saturated heterocycles. The highest BCUT2D eigenvalue weighted by Crippen LogP contribution is 2.57. The predicted molar refractivity (Wildman–Crippen MR) is 103 cm³/mol. The van der Waals surface area contributed by atoms with Gasteiger partial charge in [-0.25, -0.2) is 9.09 Å². The van der Waals surface area contributed by atoms with Gasteiger partial charge in [0.05, 0.1) is 24.5 Å². The van der Waals surface area contributed by atoms with Crippen molar-refractivity contribution in [2.24, 2.45) is 10.8 Å². The zero-order valence-corrected chi connectivity index (χ0v) is 19.0. The smallest absolute Gasteiger partial charge is 0.463 e. The third-order valence-corrected chi connectivity index (χ3v) is 5.12. The van der Waals surface area contributed by atoms with Crippen LogP contribution in [0.25, 0.3) is 0 Å². The van der Waals surface area contributed by atoms with Gasteiger partial charge in [-0.15, -0.1) is 0 Å². The largest absolute Gasteiger partial charge is 0.478 e. The van der Waals surface area contributed by atoms with Gasteiger partial charge in [0.1, 0.15) is 0 Å². The van der Waals surface area contributed by atoms with E-state index in [2.05, 4.69) is 5.32 Å². The molecule has 0 radical (unpaired) electrons. The fourth-order valence-electron chi connectivity index (χ4n) is 2.16. The third kappa shape index (κ3) is 8.42. The monoisotopic (exact) mass is 437 g/mol. The fraction of sp³-hybridized carbons (Fsp3) is 0.833. The van der Waals surface area contributed by atoms with E-state index in [-0.39, 0.29) is 25.7 Å². The summed E-state index contributed by atoms with van der Waals surface area (Å²) in [6.07, 6.45) is -1.40. The molecule has 1 amide bonds. The van der Waals surface area contributed by atoms with Crippen LogP contribution < -0.4 is 5.32 Å². The van der Waals surface area contributed by atoms with Gasteiger partial charge in [-0.3, -0.25) is 23.4 Å². The molecular formula is C18H32NO9P. The van der Waals surface area contributed by atoms with Gasteiger partial charge in [-0.05, 0) is 34.6 Å². The number of carbonyl (C=O) groups is 3. The lowest BCUT2D eigenvalue weighted by Gasteiger charge is -2.39. The van der Waals surface area contributed by atoms with E-state index in [0.29, 0.717) is 0 Å². The molecule has 1 aliphatic rings. The number of hydrogen-bond acceptors (Lipinski definition) is 9. The Morgan fingerprint density at radius 3 is 2.41 bits per heavy atom. The predicted octanol–water partition coefficient (Wildman–Crippen LogP) is 2.56. The van der Waals surface area contributed by atoms with E-state index in [1.807, 2.05) is 0 Å². The first-order valence-corrected chi connectivity index (χ1v) is 10.8. The molecule has 1 fully saturated rings. The van der Waals surface area contributed by atoms with Gasteiger partial charge in [0, 0.05) is 12.0 Å². The fourth-order valence-corrected chi connectivity index (χ4v) is 3.67. The lowest BCUT2D eigenvalue weighted by Crippen LogP contribution is -2.50. The van der Waals surface area contributed by atoms with Crippen LogP contribution in [0.15, 0.2) is 0 Å². The van der Waals surface area contributed by atoms with E-state index >= 15 is 0 Å². The van der Waals surface area contributed by atoms with E-state index in [0.717, 1.165) is 0 Å². The number of carbonyl (C=O) groups excluding carboxylic acids is 3. The molecule has 1 rings (SSSR count). The molecule has 29 heavy (non-hydrogen) atoms. The van der Waals surface area contributed by atoms with Gasteiger partial charge in [0.15, 0.2) is 6.10 Å². The Hall–Kier alpha value is -1.48. The van der Waals surface area contributed by atoms with Crippen LogP contribution in [0.4, 0.5) is 0 Å². The van der Waals surface area contributed by atoms with Crippen molar-refractivity contribution < 1.29 is 42.0 Å². The summed E-state index contributed by atoms with van der Waals surface area (Å²) in [4.78, 5) is 35.8. The van der Waals surface area contributed by atoms with Gasteiger partial charge < -0.3 is 14.8 Å². The lowest BCUT2D eigenvalue weighted by atomic mass is 9.87. The van der Waals surface area contributed by atoms with E-state index < -0.39 is 49.4 Å². The number of hydrogen-bond donors (Lipinski definition) is 1. The highest BCUT2D eigenvalue weighted by molar-refractivity contribution is 7.48. The molecule has 0 saturated carbocycles. The van der Waals surface area contributed by atoms with Crippen molar-refractivity contribution in [1.29, 1.82) is 0 Å². The van der Waals surface area contributed by atoms with Crippen LogP contribution in [0.2, 0.25) is 0 Å². The first-order chi connectivity index (χ1) is 13.2. The maximum Gasteiger partial charge on any atom is 0.478 e. The summed E-state index contributed by atoms with van der Waals surface area (Å²) < 4.78 is 38.1. The van der Waals surface area contributed by atoms with E-state index in [1.165, 1.54) is 0 Å². The Kier molecular flexibility index (Phi) is 8.83. The molecule has 2 atom stereocenters. The summed E-state index contributed by atoms with van der Waals surface area (Å²) in [5.41, 5.74) is -1.56. The standard InChI is InChI=1S/C18H32NO9P/c1-12(2)27-13(20)8-9-19-15(21)14-18(6,7)10-25-29(23,28-14)26-11-24-16(22)17(3,4)5/h12,14H,8-11H2,1-7H3,(H,19,21)/t14-,29+/m0/s1. The molecular weight excluding hydrogens is 405 g/mol. The average Bonchev–Trinajstić information content (AvgIpc) is 2.55. The molecule has 0 bridgehead atoms. The van der Waals surface area contributed by atoms with Crippen LogP contribution in [-0.4, -0.2) is 50.0 Å². The van der Waals surface area contributed by atoms with Crippen molar-refractivity contribution in [2.45, 2.75) is 67.1 Å². The Morgan fingerprint density at radius 1 is 1.24 bits per heavy atom. The second-order valence-electron chi connectivity index (χ2n) is 8.70. The van der Waals surface area contributed by atoms with Gasteiger partial charge >= 0.3 is 19.8 Å². The first-order valence-electron chi connectivity index (χ1n) is 9.38. The summed E-state index contributed by atoms with van der Waals surface area (Å²) in [6.45, 7) is 11.2. The van der Waals surface area contributed by atoms with Gasteiger partial charge in [-0.1, -0.05) is 13.8 Å². The summed E-state index contributed by atoms with van der Waals surface area (Å²) in [7, 11) is -4.11. The topological polar surface area (TPSA) is 126 Å². The highest BCUT2D eigenvalue weighted by atomic mass is 31.2. The van der Waals surface area contributed by atoms with Crippen molar-refractivity contribution in [3.8, 4) is 0 Å². The van der Waals surface area contributed by atoms with Crippen LogP contribution in [0.1, 0.15) is 54.9 Å². The van der Waals surface area contributed by atoms with Crippen molar-refractivity contribution >= 4 is 25.7 Å². The van der Waals surface area contributed by atoms with E-state index in [9.17, 15) is 18.9 Å². The summed E-state index contributed by atoms with van der Waals surface area (Å²) in [5, 5.41) is 2.56. The number of ether oxygens (including phenoxy) is 2. The third-order valence-electron chi connectivity index (χ3n) is 3.79. The SMILES string of the molecule is CC(C)OC(=O)CCNC(=O)[C@@H]1O[P@@](=O)(OCOC(=O)C(C)(C)C)OCC1(C)C. The van der Waals surface area contributed by atoms with E-state index in [4.69, 9.17) is 23.0 Å². The zero-order valence-electron chi connectivity index (χ0n) is 18.1. The van der Waals surface area contributed by atoms with Crippen LogP contribution in [0.3, 0.4) is 0 Å². The first kappa shape index (κ1) is 25.6. The second-order valence-corrected chi connectivity index (χ2v) is 10.3. The number of amides is 1. The summed E-state index contributed by atoms with van der Waals surface area (Å²) in [5.74, 6) is -1.56. The number of phosphoric ester groups is 1. The van der Waals surface area contributed by atoms with Crippen molar-refractivity contribution in [2.75, 3.05) is 19.9 Å². The number of phosphoric acid groups is 1. The minimum Gasteiger partial charge on any atom is -0.463 e. The molecule has 0 aromatic carbocycles. The van der Waals surface area contributed by atoms with Crippen LogP contribution >= 0.6 is 7.82 Å². The molecule has 0 unspecified atom stereocenters. The molecule has 1 N–H and O–H groups in total. The Bertz CT molecular complexity index is 654. The molecule has 0 aliphatic carbocycles. The number of rotatable bonds is 8. The second kappa shape index (κ2) is 10.0.